The molecule has 2 fully saturated rings. The molecule has 1 saturated heterocycles. The van der Waals surface area contributed by atoms with Crippen molar-refractivity contribution < 1.29 is 24.9 Å². The smallest absolute Gasteiger partial charge is 0.217 e. The number of hydrogen-bond donors (Lipinski definition) is 4. The Morgan fingerprint density at radius 3 is 2.52 bits per heavy atom. The quantitative estimate of drug-likeness (QED) is 0.509. The first kappa shape index (κ1) is 22.1. The molecule has 9 nitrogen and oxygen atoms in total. The number of rotatable bonds is 5. The lowest BCUT2D eigenvalue weighted by molar-refractivity contribution is -0.219. The highest BCUT2D eigenvalue weighted by Crippen LogP contribution is 2.36. The molecule has 1 amide bonds. The molecule has 1 aromatic carbocycles. The molecule has 4 rings (SSSR count). The molecule has 1 saturated carbocycles. The summed E-state index contributed by atoms with van der Waals surface area (Å²) in [6.45, 7) is 0.823. The third-order valence-corrected chi connectivity index (χ3v) is 6.45. The number of carbonyl (C=O) groups is 1. The Morgan fingerprint density at radius 2 is 1.90 bits per heavy atom. The molecule has 2 aromatic rings. The lowest BCUT2D eigenvalue weighted by atomic mass is 9.96. The summed E-state index contributed by atoms with van der Waals surface area (Å²) in [4.78, 5) is 11.8. The summed E-state index contributed by atoms with van der Waals surface area (Å²) in [7, 11) is 0. The van der Waals surface area contributed by atoms with Gasteiger partial charge in [0.15, 0.2) is 12.1 Å². The van der Waals surface area contributed by atoms with Crippen molar-refractivity contribution in [2.45, 2.75) is 69.2 Å². The van der Waals surface area contributed by atoms with Crippen LogP contribution in [-0.4, -0.2) is 66.5 Å². The third-order valence-electron chi connectivity index (χ3n) is 6.07. The number of nitrogens with one attached hydrogen (secondary N) is 1. The first-order valence-corrected chi connectivity index (χ1v) is 11.0. The molecule has 2 aliphatic rings. The van der Waals surface area contributed by atoms with Gasteiger partial charge in [-0.1, -0.05) is 43.2 Å². The maximum atomic E-state index is 11.8. The van der Waals surface area contributed by atoms with Gasteiger partial charge in [0.1, 0.15) is 24.4 Å². The number of amides is 1. The number of aliphatic hydroxyl groups is 3. The molecular formula is C21H28N4O5S. The van der Waals surface area contributed by atoms with Crippen LogP contribution in [0.25, 0.3) is 11.4 Å². The van der Waals surface area contributed by atoms with Crippen molar-refractivity contribution >= 4 is 18.1 Å². The SMILES string of the molecule is CC(=O)N[C@@H]1[C@@H](O)[C@H](O)[C@@H](CO)O[C@H]1n1nc(-c2ccccc2)n(C2CCCC2)c1=S. The van der Waals surface area contributed by atoms with Gasteiger partial charge in [-0.15, -0.1) is 5.10 Å². The zero-order chi connectivity index (χ0) is 22.1. The van der Waals surface area contributed by atoms with Gasteiger partial charge in [0.05, 0.1) is 6.61 Å². The number of hydrogen-bond acceptors (Lipinski definition) is 7. The van der Waals surface area contributed by atoms with Crippen molar-refractivity contribution in [3.8, 4) is 11.4 Å². The van der Waals surface area contributed by atoms with E-state index in [0.717, 1.165) is 31.2 Å². The molecule has 5 atom stereocenters. The lowest BCUT2D eigenvalue weighted by Crippen LogP contribution is -2.62. The Labute approximate surface area is 185 Å². The van der Waals surface area contributed by atoms with Gasteiger partial charge in [-0.25, -0.2) is 4.68 Å². The van der Waals surface area contributed by atoms with E-state index in [1.165, 1.54) is 11.6 Å². The van der Waals surface area contributed by atoms with Crippen molar-refractivity contribution in [2.24, 2.45) is 0 Å². The van der Waals surface area contributed by atoms with E-state index in [4.69, 9.17) is 22.1 Å². The molecule has 0 unspecified atom stereocenters. The molecular weight excluding hydrogens is 420 g/mol. The van der Waals surface area contributed by atoms with Crippen LogP contribution in [0.4, 0.5) is 0 Å². The number of aromatic nitrogens is 3. The van der Waals surface area contributed by atoms with E-state index in [9.17, 15) is 20.1 Å². The Bertz CT molecular complexity index is 972. The zero-order valence-electron chi connectivity index (χ0n) is 17.3. The predicted molar refractivity (Wildman–Crippen MR) is 115 cm³/mol. The van der Waals surface area contributed by atoms with Crippen LogP contribution in [0.1, 0.15) is 44.9 Å². The molecule has 0 radical (unpaired) electrons. The van der Waals surface area contributed by atoms with Crippen LogP contribution in [0, 0.1) is 4.77 Å². The average molecular weight is 449 g/mol. The number of nitrogens with zero attached hydrogens (tertiary/aromatic N) is 3. The Morgan fingerprint density at radius 1 is 1.23 bits per heavy atom. The van der Waals surface area contributed by atoms with Gasteiger partial charge in [-0.2, -0.15) is 0 Å². The van der Waals surface area contributed by atoms with Crippen LogP contribution in [0.2, 0.25) is 0 Å². The van der Waals surface area contributed by atoms with Gasteiger partial charge >= 0.3 is 0 Å². The second kappa shape index (κ2) is 9.17. The van der Waals surface area contributed by atoms with Crippen molar-refractivity contribution in [2.75, 3.05) is 6.61 Å². The molecule has 1 aliphatic heterocycles. The van der Waals surface area contributed by atoms with Crippen molar-refractivity contribution in [1.82, 2.24) is 19.7 Å². The van der Waals surface area contributed by atoms with Crippen molar-refractivity contribution in [3.63, 3.8) is 0 Å². The summed E-state index contributed by atoms with van der Waals surface area (Å²) in [5.74, 6) is 0.293. The minimum atomic E-state index is -1.36. The fraction of sp³-hybridized carbons (Fsp3) is 0.571. The highest BCUT2D eigenvalue weighted by molar-refractivity contribution is 7.71. The summed E-state index contributed by atoms with van der Waals surface area (Å²) in [6, 6.07) is 8.89. The third kappa shape index (κ3) is 4.18. The number of carbonyl (C=O) groups excluding carboxylic acids is 1. The van der Waals surface area contributed by atoms with E-state index in [2.05, 4.69) is 5.32 Å². The summed E-state index contributed by atoms with van der Waals surface area (Å²) >= 11 is 5.80. The average Bonchev–Trinajstić information content (AvgIpc) is 3.40. The largest absolute Gasteiger partial charge is 0.394 e. The molecule has 2 heterocycles. The lowest BCUT2D eigenvalue weighted by Gasteiger charge is -2.42. The molecule has 1 aromatic heterocycles. The van der Waals surface area contributed by atoms with E-state index in [0.29, 0.717) is 10.6 Å². The van der Waals surface area contributed by atoms with E-state index in [-0.39, 0.29) is 6.04 Å². The Hall–Kier alpha value is -2.11. The van der Waals surface area contributed by atoms with E-state index in [1.807, 2.05) is 34.9 Å². The van der Waals surface area contributed by atoms with Gasteiger partial charge < -0.3 is 25.4 Å². The number of ether oxygens (including phenoxy) is 1. The van der Waals surface area contributed by atoms with Crippen LogP contribution >= 0.6 is 12.2 Å². The molecule has 4 N–H and O–H groups in total. The fourth-order valence-electron chi connectivity index (χ4n) is 4.53. The first-order valence-electron chi connectivity index (χ1n) is 10.6. The minimum absolute atomic E-state index is 0.198. The fourth-order valence-corrected chi connectivity index (χ4v) is 4.91. The maximum absolute atomic E-state index is 11.8. The zero-order valence-corrected chi connectivity index (χ0v) is 18.1. The minimum Gasteiger partial charge on any atom is -0.394 e. The molecule has 1 aliphatic carbocycles. The van der Waals surface area contributed by atoms with Gasteiger partial charge in [-0.3, -0.25) is 9.36 Å². The van der Waals surface area contributed by atoms with Crippen molar-refractivity contribution in [1.29, 1.82) is 0 Å². The van der Waals surface area contributed by atoms with Gasteiger partial charge in [0.25, 0.3) is 0 Å². The molecule has 31 heavy (non-hydrogen) atoms. The van der Waals surface area contributed by atoms with Crippen LogP contribution in [-0.2, 0) is 9.53 Å². The number of benzene rings is 1. The molecule has 168 valence electrons. The van der Waals surface area contributed by atoms with E-state index >= 15 is 0 Å². The van der Waals surface area contributed by atoms with Gasteiger partial charge in [0, 0.05) is 18.5 Å². The predicted octanol–water partition coefficient (Wildman–Crippen LogP) is 1.31. The van der Waals surface area contributed by atoms with Crippen LogP contribution < -0.4 is 5.32 Å². The second-order valence-corrected chi connectivity index (χ2v) is 8.55. The second-order valence-electron chi connectivity index (χ2n) is 8.18. The monoisotopic (exact) mass is 448 g/mol. The maximum Gasteiger partial charge on any atom is 0.217 e. The topological polar surface area (TPSA) is 122 Å². The highest BCUT2D eigenvalue weighted by Gasteiger charge is 2.46. The van der Waals surface area contributed by atoms with E-state index in [1.54, 1.807) is 0 Å². The normalized spacial score (nSPS) is 29.2. The number of aliphatic hydroxyl groups excluding tert-OH is 3. The van der Waals surface area contributed by atoms with Crippen molar-refractivity contribution in [3.05, 3.63) is 35.1 Å². The molecule has 10 heteroatoms. The first-order chi connectivity index (χ1) is 14.9. The van der Waals surface area contributed by atoms with Gasteiger partial charge in [-0.05, 0) is 25.1 Å². The van der Waals surface area contributed by atoms with E-state index < -0.39 is 43.1 Å². The van der Waals surface area contributed by atoms with Crippen LogP contribution in [0.15, 0.2) is 30.3 Å². The van der Waals surface area contributed by atoms with Crippen LogP contribution in [0.5, 0.6) is 0 Å². The van der Waals surface area contributed by atoms with Crippen LogP contribution in [0.3, 0.4) is 0 Å². The highest BCUT2D eigenvalue weighted by atomic mass is 32.1. The Balaban J connectivity index is 1.83. The standard InChI is InChI=1S/C21H28N4O5S/c1-12(27)22-16-18(29)17(28)15(11-26)30-20(16)25-21(31)24(14-9-5-6-10-14)19(23-25)13-7-3-2-4-8-13/h2-4,7-8,14-18,20,26,28-29H,5-6,9-11H2,1H3,(H,22,27)/t15-,16-,17-,18-,20-/m1/s1. The molecule has 0 bridgehead atoms. The summed E-state index contributed by atoms with van der Waals surface area (Å²) < 4.78 is 9.83. The summed E-state index contributed by atoms with van der Waals surface area (Å²) in [5.41, 5.74) is 0.894. The molecule has 0 spiro atoms. The summed E-state index contributed by atoms with van der Waals surface area (Å²) in [5, 5.41) is 38.0. The van der Waals surface area contributed by atoms with Gasteiger partial charge in [0.2, 0.25) is 10.7 Å². The Kier molecular flexibility index (Phi) is 6.54. The summed E-state index contributed by atoms with van der Waals surface area (Å²) in [6.07, 6.45) is -0.561.